The van der Waals surface area contributed by atoms with Crippen LogP contribution in [0.3, 0.4) is 0 Å². The third-order valence-electron chi connectivity index (χ3n) is 6.00. The first-order chi connectivity index (χ1) is 16.0. The van der Waals surface area contributed by atoms with Crippen LogP contribution in [-0.4, -0.2) is 41.8 Å². The highest BCUT2D eigenvalue weighted by atomic mass is 16.5. The third kappa shape index (κ3) is 5.95. The van der Waals surface area contributed by atoms with Crippen molar-refractivity contribution in [3.8, 4) is 11.1 Å². The first-order valence-electron chi connectivity index (χ1n) is 11.6. The lowest BCUT2D eigenvalue weighted by Crippen LogP contribution is -2.54. The standard InChI is InChI=1S/C27H34N2O5/c1-16(2)23(24(30)28-22(25(31)32)14-27(3,4)5)29-26(33)34-15-21-19-12-8-6-10-17(19)18-11-7-9-13-20(18)21/h6-13,16,21-23H,14-15H2,1-5H3,(H,28,30)(H,29,33)(H,31,32)/t22?,23-/m0/s1. The molecule has 0 radical (unpaired) electrons. The molecule has 182 valence electrons. The summed E-state index contributed by atoms with van der Waals surface area (Å²) in [5.41, 5.74) is 4.17. The molecular weight excluding hydrogens is 432 g/mol. The minimum atomic E-state index is -1.10. The van der Waals surface area contributed by atoms with Crippen LogP contribution in [0.2, 0.25) is 0 Å². The summed E-state index contributed by atoms with van der Waals surface area (Å²) < 4.78 is 5.56. The Hall–Kier alpha value is -3.35. The smallest absolute Gasteiger partial charge is 0.407 e. The summed E-state index contributed by atoms with van der Waals surface area (Å²) in [4.78, 5) is 37.2. The van der Waals surface area contributed by atoms with E-state index >= 15 is 0 Å². The van der Waals surface area contributed by atoms with Crippen LogP contribution < -0.4 is 10.6 Å². The number of fused-ring (bicyclic) bond motifs is 3. The molecule has 0 fully saturated rings. The molecule has 7 nitrogen and oxygen atoms in total. The summed E-state index contributed by atoms with van der Waals surface area (Å²) in [6.07, 6.45) is -0.442. The van der Waals surface area contributed by atoms with E-state index in [1.54, 1.807) is 13.8 Å². The van der Waals surface area contributed by atoms with Gasteiger partial charge < -0.3 is 20.5 Å². The van der Waals surface area contributed by atoms with Crippen molar-refractivity contribution in [2.24, 2.45) is 11.3 Å². The van der Waals surface area contributed by atoms with Gasteiger partial charge in [-0.15, -0.1) is 0 Å². The number of carbonyl (C=O) groups is 3. The molecule has 0 bridgehead atoms. The third-order valence-corrected chi connectivity index (χ3v) is 6.00. The lowest BCUT2D eigenvalue weighted by atomic mass is 9.88. The summed E-state index contributed by atoms with van der Waals surface area (Å²) in [6, 6.07) is 14.1. The zero-order chi connectivity index (χ0) is 25.0. The van der Waals surface area contributed by atoms with E-state index < -0.39 is 30.1 Å². The van der Waals surface area contributed by atoms with Crippen LogP contribution in [0.25, 0.3) is 11.1 Å². The number of hydrogen-bond donors (Lipinski definition) is 3. The van der Waals surface area contributed by atoms with Crippen LogP contribution in [0.5, 0.6) is 0 Å². The van der Waals surface area contributed by atoms with Gasteiger partial charge in [-0.1, -0.05) is 83.1 Å². The SMILES string of the molecule is CC(C)[C@H](NC(=O)OCC1c2ccccc2-c2ccccc21)C(=O)NC(CC(C)(C)C)C(=O)O. The highest BCUT2D eigenvalue weighted by molar-refractivity contribution is 5.89. The monoisotopic (exact) mass is 466 g/mol. The Morgan fingerprint density at radius 3 is 1.94 bits per heavy atom. The van der Waals surface area contributed by atoms with Gasteiger partial charge in [0.1, 0.15) is 18.7 Å². The number of aliphatic carboxylic acids is 1. The second kappa shape index (κ2) is 10.3. The molecule has 2 amide bonds. The predicted octanol–water partition coefficient (Wildman–Crippen LogP) is 4.56. The molecule has 0 spiro atoms. The average molecular weight is 467 g/mol. The van der Waals surface area contributed by atoms with Crippen molar-refractivity contribution in [3.05, 3.63) is 59.7 Å². The van der Waals surface area contributed by atoms with Gasteiger partial charge >= 0.3 is 12.1 Å². The van der Waals surface area contributed by atoms with Gasteiger partial charge in [0.25, 0.3) is 0 Å². The van der Waals surface area contributed by atoms with Crippen molar-refractivity contribution in [2.75, 3.05) is 6.61 Å². The Bertz CT molecular complexity index is 1010. The van der Waals surface area contributed by atoms with Crippen LogP contribution in [0.15, 0.2) is 48.5 Å². The second-order valence-corrected chi connectivity index (χ2v) is 10.4. The van der Waals surface area contributed by atoms with Crippen LogP contribution >= 0.6 is 0 Å². The number of ether oxygens (including phenoxy) is 1. The van der Waals surface area contributed by atoms with Crippen molar-refractivity contribution in [2.45, 2.75) is 59.0 Å². The Kier molecular flexibility index (Phi) is 7.64. The fourth-order valence-electron chi connectivity index (χ4n) is 4.38. The Morgan fingerprint density at radius 1 is 0.941 bits per heavy atom. The van der Waals surface area contributed by atoms with Crippen LogP contribution in [0.1, 0.15) is 58.1 Å². The number of rotatable bonds is 8. The van der Waals surface area contributed by atoms with E-state index in [-0.39, 0.29) is 30.3 Å². The number of carbonyl (C=O) groups excluding carboxylic acids is 2. The molecule has 0 aliphatic heterocycles. The van der Waals surface area contributed by atoms with Crippen molar-refractivity contribution in [1.82, 2.24) is 10.6 Å². The number of carboxylic acid groups (broad SMARTS) is 1. The van der Waals surface area contributed by atoms with E-state index in [1.807, 2.05) is 57.2 Å². The van der Waals surface area contributed by atoms with E-state index in [2.05, 4.69) is 22.8 Å². The van der Waals surface area contributed by atoms with E-state index in [0.717, 1.165) is 22.3 Å². The molecule has 1 aliphatic carbocycles. The van der Waals surface area contributed by atoms with Gasteiger partial charge in [0.15, 0.2) is 0 Å². The van der Waals surface area contributed by atoms with Crippen LogP contribution in [0, 0.1) is 11.3 Å². The van der Waals surface area contributed by atoms with Crippen LogP contribution in [-0.2, 0) is 14.3 Å². The minimum Gasteiger partial charge on any atom is -0.480 e. The Labute approximate surface area is 200 Å². The van der Waals surface area contributed by atoms with Gasteiger partial charge in [0.2, 0.25) is 5.91 Å². The van der Waals surface area contributed by atoms with Crippen molar-refractivity contribution < 1.29 is 24.2 Å². The second-order valence-electron chi connectivity index (χ2n) is 10.4. The van der Waals surface area contributed by atoms with Gasteiger partial charge in [0, 0.05) is 5.92 Å². The molecule has 34 heavy (non-hydrogen) atoms. The number of alkyl carbamates (subject to hydrolysis) is 1. The zero-order valence-corrected chi connectivity index (χ0v) is 20.4. The summed E-state index contributed by atoms with van der Waals surface area (Å²) in [5.74, 6) is -2.00. The van der Waals surface area contributed by atoms with E-state index in [0.29, 0.717) is 0 Å². The zero-order valence-electron chi connectivity index (χ0n) is 20.4. The maximum Gasteiger partial charge on any atom is 0.407 e. The van der Waals surface area contributed by atoms with Crippen molar-refractivity contribution in [3.63, 3.8) is 0 Å². The number of nitrogens with one attached hydrogen (secondary N) is 2. The Morgan fingerprint density at radius 2 is 1.47 bits per heavy atom. The highest BCUT2D eigenvalue weighted by Gasteiger charge is 2.33. The molecule has 0 saturated heterocycles. The van der Waals surface area contributed by atoms with E-state index in [1.165, 1.54) is 0 Å². The van der Waals surface area contributed by atoms with Gasteiger partial charge in [0.05, 0.1) is 0 Å². The first-order valence-corrected chi connectivity index (χ1v) is 11.6. The van der Waals surface area contributed by atoms with Gasteiger partial charge in [-0.2, -0.15) is 0 Å². The molecule has 0 heterocycles. The molecule has 0 saturated carbocycles. The predicted molar refractivity (Wildman–Crippen MR) is 130 cm³/mol. The van der Waals surface area contributed by atoms with Crippen molar-refractivity contribution >= 4 is 18.0 Å². The Balaban J connectivity index is 1.66. The van der Waals surface area contributed by atoms with Crippen LogP contribution in [0.4, 0.5) is 4.79 Å². The number of benzene rings is 2. The number of carboxylic acids is 1. The fraction of sp³-hybridized carbons (Fsp3) is 0.444. The topological polar surface area (TPSA) is 105 Å². The van der Waals surface area contributed by atoms with Gasteiger partial charge in [-0.05, 0) is 40.0 Å². The summed E-state index contributed by atoms with van der Waals surface area (Å²) in [7, 11) is 0. The largest absolute Gasteiger partial charge is 0.480 e. The molecule has 2 aromatic carbocycles. The van der Waals surface area contributed by atoms with Gasteiger partial charge in [-0.3, -0.25) is 4.79 Å². The molecule has 7 heteroatoms. The van der Waals surface area contributed by atoms with Gasteiger partial charge in [-0.25, -0.2) is 9.59 Å². The molecule has 2 atom stereocenters. The maximum absolute atomic E-state index is 12.9. The molecule has 1 aliphatic rings. The molecule has 3 rings (SSSR count). The molecule has 3 N–H and O–H groups in total. The first kappa shape index (κ1) is 25.3. The summed E-state index contributed by atoms with van der Waals surface area (Å²) in [6.45, 7) is 9.42. The molecule has 1 unspecified atom stereocenters. The summed E-state index contributed by atoms with van der Waals surface area (Å²) >= 11 is 0. The molecular formula is C27H34N2O5. The van der Waals surface area contributed by atoms with Crippen molar-refractivity contribution in [1.29, 1.82) is 0 Å². The van der Waals surface area contributed by atoms with E-state index in [9.17, 15) is 19.5 Å². The quantitative estimate of drug-likeness (QED) is 0.529. The minimum absolute atomic E-state index is 0.0901. The lowest BCUT2D eigenvalue weighted by molar-refractivity contribution is -0.143. The average Bonchev–Trinajstić information content (AvgIpc) is 3.08. The molecule has 0 aromatic heterocycles. The van der Waals surface area contributed by atoms with E-state index in [4.69, 9.17) is 4.74 Å². The fourth-order valence-corrected chi connectivity index (χ4v) is 4.38. The maximum atomic E-state index is 12.9. The number of hydrogen-bond acceptors (Lipinski definition) is 4. The molecule has 2 aromatic rings. The normalized spacial score (nSPS) is 14.6. The lowest BCUT2D eigenvalue weighted by Gasteiger charge is -2.27. The number of amides is 2. The highest BCUT2D eigenvalue weighted by Crippen LogP contribution is 2.44. The summed E-state index contributed by atoms with van der Waals surface area (Å²) in [5, 5.41) is 14.7.